The summed E-state index contributed by atoms with van der Waals surface area (Å²) in [5.74, 6) is 0. The van der Waals surface area contributed by atoms with Gasteiger partial charge in [0, 0.05) is 10.7 Å². The first-order chi connectivity index (χ1) is 8.34. The third kappa shape index (κ3) is 6.38. The summed E-state index contributed by atoms with van der Waals surface area (Å²) in [7, 11) is 1.65. The molecule has 0 spiro atoms. The molecular formula is C13H22ClNO2S. The van der Waals surface area contributed by atoms with E-state index in [0.717, 1.165) is 6.54 Å². The van der Waals surface area contributed by atoms with Crippen molar-refractivity contribution >= 4 is 19.7 Å². The average molecular weight is 292 g/mol. The van der Waals surface area contributed by atoms with E-state index in [9.17, 15) is 8.42 Å². The summed E-state index contributed by atoms with van der Waals surface area (Å²) in [6, 6.07) is 5.25. The fraction of sp³-hybridized carbons (Fsp3) is 0.538. The molecule has 0 atom stereocenters. The third-order valence-corrected chi connectivity index (χ3v) is 4.05. The molecule has 104 valence electrons. The van der Waals surface area contributed by atoms with Gasteiger partial charge in [0.05, 0.1) is 4.90 Å². The van der Waals surface area contributed by atoms with Gasteiger partial charge in [0.25, 0.3) is 9.05 Å². The maximum absolute atomic E-state index is 11.0. The van der Waals surface area contributed by atoms with Crippen molar-refractivity contribution in [2.75, 3.05) is 6.54 Å². The highest BCUT2D eigenvalue weighted by molar-refractivity contribution is 8.13. The molecule has 0 radical (unpaired) electrons. The Morgan fingerprint density at radius 2 is 1.67 bits per heavy atom. The lowest BCUT2D eigenvalue weighted by Crippen LogP contribution is -1.97. The Morgan fingerprint density at radius 3 is 1.89 bits per heavy atom. The van der Waals surface area contributed by atoms with Crippen LogP contribution in [-0.4, -0.2) is 15.0 Å². The first kappa shape index (κ1) is 17.4. The molecule has 1 aromatic rings. The second-order valence-electron chi connectivity index (χ2n) is 4.15. The minimum Gasteiger partial charge on any atom is -0.330 e. The molecule has 1 rings (SSSR count). The highest BCUT2D eigenvalue weighted by Crippen LogP contribution is 2.22. The monoisotopic (exact) mass is 291 g/mol. The predicted octanol–water partition coefficient (Wildman–Crippen LogP) is 3.37. The molecule has 0 aliphatic carbocycles. The first-order valence-corrected chi connectivity index (χ1v) is 8.36. The van der Waals surface area contributed by atoms with Crippen molar-refractivity contribution in [2.45, 2.75) is 44.9 Å². The van der Waals surface area contributed by atoms with E-state index in [1.807, 2.05) is 0 Å². The zero-order chi connectivity index (χ0) is 14.2. The molecule has 0 aliphatic heterocycles. The van der Waals surface area contributed by atoms with Crippen LogP contribution in [0.4, 0.5) is 0 Å². The molecule has 3 nitrogen and oxygen atoms in total. The Hall–Kier alpha value is -0.580. The number of unbranched alkanes of at least 4 members (excludes halogenated alkanes) is 2. The Morgan fingerprint density at radius 1 is 1.17 bits per heavy atom. The maximum atomic E-state index is 11.0. The summed E-state index contributed by atoms with van der Waals surface area (Å²) in [5, 5.41) is 0. The number of aryl methyl sites for hydroxylation is 2. The quantitative estimate of drug-likeness (QED) is 0.683. The second kappa shape index (κ2) is 8.51. The number of nitrogens with two attached hydrogens (primary N) is 1. The summed E-state index contributed by atoms with van der Waals surface area (Å²) < 4.78 is 22.1. The van der Waals surface area contributed by atoms with Gasteiger partial charge in [-0.3, -0.25) is 0 Å². The molecule has 18 heavy (non-hydrogen) atoms. The summed E-state index contributed by atoms with van der Waals surface area (Å²) in [6.45, 7) is 6.48. The zero-order valence-corrected chi connectivity index (χ0v) is 12.8. The van der Waals surface area contributed by atoms with Crippen LogP contribution < -0.4 is 5.73 Å². The molecule has 2 N–H and O–H groups in total. The van der Waals surface area contributed by atoms with Gasteiger partial charge >= 0.3 is 0 Å². The van der Waals surface area contributed by atoms with Gasteiger partial charge in [0.2, 0.25) is 0 Å². The number of hydrogen-bond donors (Lipinski definition) is 1. The van der Waals surface area contributed by atoms with E-state index in [4.69, 9.17) is 16.4 Å². The van der Waals surface area contributed by atoms with Crippen LogP contribution in [-0.2, 0) is 9.05 Å². The lowest BCUT2D eigenvalue weighted by atomic mass is 10.2. The maximum Gasteiger partial charge on any atom is 0.261 e. The molecule has 0 aliphatic rings. The number of hydrogen-bond acceptors (Lipinski definition) is 3. The van der Waals surface area contributed by atoms with Crippen molar-refractivity contribution in [1.82, 2.24) is 0 Å². The summed E-state index contributed by atoms with van der Waals surface area (Å²) in [4.78, 5) is 0.228. The number of halogens is 1. The topological polar surface area (TPSA) is 60.2 Å². The van der Waals surface area contributed by atoms with Gasteiger partial charge in [-0.25, -0.2) is 8.42 Å². The molecular weight excluding hydrogens is 270 g/mol. The normalized spacial score (nSPS) is 10.7. The Labute approximate surface area is 115 Å². The van der Waals surface area contributed by atoms with Crippen LogP contribution in [0.2, 0.25) is 0 Å². The van der Waals surface area contributed by atoms with Crippen LogP contribution in [0.3, 0.4) is 0 Å². The van der Waals surface area contributed by atoms with Crippen molar-refractivity contribution in [3.63, 3.8) is 0 Å². The van der Waals surface area contributed by atoms with Gasteiger partial charge in [-0.15, -0.1) is 0 Å². The molecule has 0 amide bonds. The van der Waals surface area contributed by atoms with Gasteiger partial charge in [-0.1, -0.05) is 38.0 Å². The predicted molar refractivity (Wildman–Crippen MR) is 77.5 cm³/mol. The van der Waals surface area contributed by atoms with E-state index in [0.29, 0.717) is 11.1 Å². The largest absolute Gasteiger partial charge is 0.330 e. The fourth-order valence-corrected chi connectivity index (χ4v) is 3.21. The molecule has 0 unspecified atom stereocenters. The minimum absolute atomic E-state index is 0.228. The molecule has 0 saturated heterocycles. The van der Waals surface area contributed by atoms with Crippen LogP contribution in [0, 0.1) is 13.8 Å². The van der Waals surface area contributed by atoms with Gasteiger partial charge in [0.15, 0.2) is 0 Å². The minimum atomic E-state index is -3.59. The van der Waals surface area contributed by atoms with Crippen LogP contribution in [0.25, 0.3) is 0 Å². The summed E-state index contributed by atoms with van der Waals surface area (Å²) in [5.41, 5.74) is 6.58. The lowest BCUT2D eigenvalue weighted by Gasteiger charge is -2.04. The first-order valence-electron chi connectivity index (χ1n) is 6.05. The smallest absolute Gasteiger partial charge is 0.261 e. The zero-order valence-electron chi connectivity index (χ0n) is 11.2. The molecule has 0 aromatic heterocycles. The lowest BCUT2D eigenvalue weighted by molar-refractivity contribution is 0.608. The van der Waals surface area contributed by atoms with Gasteiger partial charge in [0.1, 0.15) is 0 Å². The Kier molecular flexibility index (Phi) is 8.24. The van der Waals surface area contributed by atoms with Crippen molar-refractivity contribution in [2.24, 2.45) is 5.73 Å². The molecule has 1 aromatic carbocycles. The number of benzene rings is 1. The van der Waals surface area contributed by atoms with Crippen molar-refractivity contribution in [3.8, 4) is 0 Å². The van der Waals surface area contributed by atoms with E-state index >= 15 is 0 Å². The highest BCUT2D eigenvalue weighted by Gasteiger charge is 2.15. The standard InChI is InChI=1S/C8H9ClO2S.C5H13N/c1-6-4-3-5-7(2)8(6)12(9,10)11;1-2-3-4-5-6/h3-5H,1-2H3;2-6H2,1H3. The SMILES string of the molecule is CCCCCN.Cc1cccc(C)c1S(=O)(=O)Cl. The van der Waals surface area contributed by atoms with Crippen LogP contribution >= 0.6 is 10.7 Å². The molecule has 0 bridgehead atoms. The molecule has 0 saturated carbocycles. The van der Waals surface area contributed by atoms with Crippen LogP contribution in [0.1, 0.15) is 37.3 Å². The van der Waals surface area contributed by atoms with Gasteiger partial charge < -0.3 is 5.73 Å². The van der Waals surface area contributed by atoms with Crippen LogP contribution in [0.15, 0.2) is 23.1 Å². The van der Waals surface area contributed by atoms with E-state index in [2.05, 4.69) is 6.92 Å². The number of rotatable bonds is 4. The Bertz CT molecular complexity index is 434. The third-order valence-electron chi connectivity index (χ3n) is 2.46. The van der Waals surface area contributed by atoms with E-state index < -0.39 is 9.05 Å². The Balaban J connectivity index is 0.000000411. The molecule has 0 heterocycles. The van der Waals surface area contributed by atoms with E-state index in [1.165, 1.54) is 19.3 Å². The average Bonchev–Trinajstić information content (AvgIpc) is 2.25. The van der Waals surface area contributed by atoms with E-state index in [1.54, 1.807) is 32.0 Å². The van der Waals surface area contributed by atoms with Crippen molar-refractivity contribution in [3.05, 3.63) is 29.3 Å². The van der Waals surface area contributed by atoms with Crippen LogP contribution in [0.5, 0.6) is 0 Å². The highest BCUT2D eigenvalue weighted by atomic mass is 35.7. The van der Waals surface area contributed by atoms with E-state index in [-0.39, 0.29) is 4.90 Å². The summed E-state index contributed by atoms with van der Waals surface area (Å²) >= 11 is 0. The van der Waals surface area contributed by atoms with Crippen molar-refractivity contribution < 1.29 is 8.42 Å². The van der Waals surface area contributed by atoms with Gasteiger partial charge in [-0.2, -0.15) is 0 Å². The van der Waals surface area contributed by atoms with Gasteiger partial charge in [-0.05, 0) is 37.9 Å². The summed E-state index contributed by atoms with van der Waals surface area (Å²) in [6.07, 6.45) is 3.75. The van der Waals surface area contributed by atoms with Crippen molar-refractivity contribution in [1.29, 1.82) is 0 Å². The molecule has 5 heteroatoms. The fourth-order valence-electron chi connectivity index (χ4n) is 1.58. The molecule has 0 fully saturated rings. The second-order valence-corrected chi connectivity index (χ2v) is 6.66.